The first-order valence-corrected chi connectivity index (χ1v) is 24.4. The number of pyridine rings is 6. The largest absolute Gasteiger partial charge is 0.416 e. The van der Waals surface area contributed by atoms with Gasteiger partial charge < -0.3 is 10.6 Å². The van der Waals surface area contributed by atoms with E-state index in [2.05, 4.69) is 36.6 Å². The van der Waals surface area contributed by atoms with Crippen LogP contribution >= 0.6 is 22.7 Å². The number of nitrogens with one attached hydrogen (secondary N) is 2. The highest BCUT2D eigenvalue weighted by Crippen LogP contribution is 2.46. The summed E-state index contributed by atoms with van der Waals surface area (Å²) in [6.07, 6.45) is 5.66. The van der Waals surface area contributed by atoms with Crippen molar-refractivity contribution >= 4 is 97.8 Å². The zero-order chi connectivity index (χ0) is 44.7. The maximum absolute atomic E-state index is 14.6. The zero-order valence-electron chi connectivity index (χ0n) is 34.4. The van der Waals surface area contributed by atoms with Gasteiger partial charge in [0.15, 0.2) is 9.84 Å². The molecular weight excluding hydrogens is 902 g/mol. The summed E-state index contributed by atoms with van der Waals surface area (Å²) in [5, 5.41) is 10.3. The molecule has 326 valence electrons. The predicted octanol–water partition coefficient (Wildman–Crippen LogP) is 12.2. The fourth-order valence-electron chi connectivity index (χ4n) is 7.98. The molecule has 12 rings (SSSR count). The number of sulfone groups is 1. The fourth-order valence-corrected chi connectivity index (χ4v) is 11.7. The van der Waals surface area contributed by atoms with Gasteiger partial charge in [-0.2, -0.15) is 13.2 Å². The molecule has 0 unspecified atom stereocenters. The number of alkyl halides is 3. The van der Waals surface area contributed by atoms with E-state index in [9.17, 15) is 21.6 Å². The summed E-state index contributed by atoms with van der Waals surface area (Å²) >= 11 is 3.23. The second kappa shape index (κ2) is 15.6. The Morgan fingerprint density at radius 3 is 1.85 bits per heavy atom. The molecule has 8 heterocycles. The molecule has 10 aromatic rings. The molecular formula is C48H33F3N10O2S3. The predicted molar refractivity (Wildman–Crippen MR) is 251 cm³/mol. The summed E-state index contributed by atoms with van der Waals surface area (Å²) in [7, 11) is -4.03. The Kier molecular flexibility index (Phi) is 9.55. The normalized spacial score (nSPS) is 14.4. The number of nitrogens with zero attached hydrogens (tertiary/aromatic N) is 8. The van der Waals surface area contributed by atoms with Gasteiger partial charge in [-0.15, -0.1) is 22.7 Å². The SMILES string of the molecule is O=S(=O)(Cc1cc(Nc2nc(-c3cc(C(F)(F)F)ccn3)cc3ncccc23)cc2sc(C3CC3)nc12)c1ccnc(-c2cc3ncccc3c(Nc3ccc4nc(C5CC5)sc4c3)n2)c1. The van der Waals surface area contributed by atoms with Gasteiger partial charge >= 0.3 is 6.18 Å². The molecule has 0 spiro atoms. The molecule has 12 nitrogen and oxygen atoms in total. The van der Waals surface area contributed by atoms with Crippen molar-refractivity contribution in [2.24, 2.45) is 0 Å². The Labute approximate surface area is 382 Å². The van der Waals surface area contributed by atoms with Crippen molar-refractivity contribution in [3.63, 3.8) is 0 Å². The molecule has 0 radical (unpaired) electrons. The summed E-state index contributed by atoms with van der Waals surface area (Å²) in [5.41, 5.74) is 4.66. The molecule has 0 atom stereocenters. The second-order valence-corrected chi connectivity index (χ2v) is 20.6. The van der Waals surface area contributed by atoms with E-state index in [0.717, 1.165) is 62.2 Å². The number of hydrogen-bond donors (Lipinski definition) is 2. The number of rotatable bonds is 11. The van der Waals surface area contributed by atoms with Crippen molar-refractivity contribution in [1.29, 1.82) is 0 Å². The molecule has 2 aromatic carbocycles. The van der Waals surface area contributed by atoms with Crippen LogP contribution in [0.2, 0.25) is 0 Å². The van der Waals surface area contributed by atoms with Crippen molar-refractivity contribution in [1.82, 2.24) is 39.9 Å². The van der Waals surface area contributed by atoms with Gasteiger partial charge in [0, 0.05) is 58.8 Å². The van der Waals surface area contributed by atoms with E-state index in [4.69, 9.17) is 19.9 Å². The minimum Gasteiger partial charge on any atom is -0.340 e. The van der Waals surface area contributed by atoms with Gasteiger partial charge in [-0.3, -0.25) is 19.9 Å². The first-order chi connectivity index (χ1) is 32.0. The standard InChI is InChI=1S/C48H33F3N10O2S3/c49-48(50,51)28-11-15-54-37(18-28)39-22-35-33(4-2-14-52-35)45(58-39)57-30-17-27(43-42(20-30)65-47(61-43)26-7-8-26)24-66(62,63)31-12-16-55-38(21-31)40-23-36-32(3-1-13-53-36)44(59-40)56-29-9-10-34-41(19-29)64-46(60-34)25-5-6-25/h1-4,9-23,25-26H,5-8,24H2,(H,56,59)(H,57,58). The van der Waals surface area contributed by atoms with Gasteiger partial charge in [0.05, 0.1) is 80.5 Å². The Morgan fingerprint density at radius 1 is 0.576 bits per heavy atom. The topological polar surface area (TPSA) is 161 Å². The van der Waals surface area contributed by atoms with E-state index in [1.54, 1.807) is 54.1 Å². The van der Waals surface area contributed by atoms with Crippen LogP contribution in [0, 0.1) is 0 Å². The summed E-state index contributed by atoms with van der Waals surface area (Å²) in [6, 6.07) is 25.3. The summed E-state index contributed by atoms with van der Waals surface area (Å²) in [5.74, 6) is 1.35. The maximum atomic E-state index is 14.6. The molecule has 2 saturated carbocycles. The lowest BCUT2D eigenvalue weighted by atomic mass is 10.1. The van der Waals surface area contributed by atoms with E-state index in [1.165, 1.54) is 47.5 Å². The molecule has 66 heavy (non-hydrogen) atoms. The van der Waals surface area contributed by atoms with Crippen LogP contribution in [-0.2, 0) is 21.8 Å². The van der Waals surface area contributed by atoms with Gasteiger partial charge in [-0.05, 0) is 122 Å². The number of benzene rings is 2. The lowest BCUT2D eigenvalue weighted by Crippen LogP contribution is -2.07. The molecule has 0 saturated heterocycles. The van der Waals surface area contributed by atoms with Crippen LogP contribution in [0.3, 0.4) is 0 Å². The highest BCUT2D eigenvalue weighted by atomic mass is 32.2. The monoisotopic (exact) mass is 934 g/mol. The number of anilines is 4. The van der Waals surface area contributed by atoms with Crippen LogP contribution in [0.15, 0.2) is 121 Å². The molecule has 2 aliphatic rings. The lowest BCUT2D eigenvalue weighted by Gasteiger charge is -2.14. The van der Waals surface area contributed by atoms with Crippen LogP contribution in [0.4, 0.5) is 36.2 Å². The molecule has 0 aliphatic heterocycles. The molecule has 2 fully saturated rings. The van der Waals surface area contributed by atoms with E-state index >= 15 is 0 Å². The van der Waals surface area contributed by atoms with Crippen LogP contribution < -0.4 is 10.6 Å². The minimum atomic E-state index is -4.57. The first-order valence-electron chi connectivity index (χ1n) is 21.1. The molecule has 18 heteroatoms. The third-order valence-corrected chi connectivity index (χ3v) is 15.6. The van der Waals surface area contributed by atoms with Crippen LogP contribution in [0.25, 0.3) is 65.0 Å². The Bertz CT molecular complexity index is 3700. The summed E-state index contributed by atoms with van der Waals surface area (Å²) < 4.78 is 72.1. The van der Waals surface area contributed by atoms with E-state index in [0.29, 0.717) is 68.0 Å². The average molecular weight is 935 g/mol. The van der Waals surface area contributed by atoms with Gasteiger partial charge in [0.2, 0.25) is 0 Å². The third kappa shape index (κ3) is 7.83. The number of thiazole rings is 2. The zero-order valence-corrected chi connectivity index (χ0v) is 36.9. The van der Waals surface area contributed by atoms with E-state index in [-0.39, 0.29) is 22.0 Å². The molecule has 2 aliphatic carbocycles. The smallest absolute Gasteiger partial charge is 0.340 e. The highest BCUT2D eigenvalue weighted by Gasteiger charge is 2.32. The van der Waals surface area contributed by atoms with Crippen LogP contribution in [0.1, 0.15) is 58.7 Å². The minimum absolute atomic E-state index is 0.0226. The van der Waals surface area contributed by atoms with E-state index in [1.807, 2.05) is 30.3 Å². The first kappa shape index (κ1) is 40.5. The number of halogens is 3. The quantitative estimate of drug-likeness (QED) is 0.126. The Morgan fingerprint density at radius 2 is 1.18 bits per heavy atom. The third-order valence-electron chi connectivity index (χ3n) is 11.6. The summed E-state index contributed by atoms with van der Waals surface area (Å²) in [4.78, 5) is 37.4. The lowest BCUT2D eigenvalue weighted by molar-refractivity contribution is -0.137. The van der Waals surface area contributed by atoms with Gasteiger partial charge in [-0.1, -0.05) is 0 Å². The second-order valence-electron chi connectivity index (χ2n) is 16.5. The highest BCUT2D eigenvalue weighted by molar-refractivity contribution is 7.90. The Balaban J connectivity index is 0.888. The van der Waals surface area contributed by atoms with Crippen molar-refractivity contribution in [3.05, 3.63) is 137 Å². The van der Waals surface area contributed by atoms with Crippen LogP contribution in [-0.4, -0.2) is 48.3 Å². The molecule has 8 aromatic heterocycles. The van der Waals surface area contributed by atoms with Crippen molar-refractivity contribution < 1.29 is 21.6 Å². The molecule has 0 amide bonds. The number of hydrogen-bond acceptors (Lipinski definition) is 14. The summed E-state index contributed by atoms with van der Waals surface area (Å²) in [6.45, 7) is 0. The number of fused-ring (bicyclic) bond motifs is 4. The average Bonchev–Trinajstić information content (AvgIpc) is 4.26. The van der Waals surface area contributed by atoms with E-state index < -0.39 is 21.6 Å². The Hall–Kier alpha value is -7.02. The van der Waals surface area contributed by atoms with Gasteiger partial charge in [-0.25, -0.2) is 28.4 Å². The molecule has 2 N–H and O–H groups in total. The fraction of sp³-hybridized carbons (Fsp3) is 0.167. The number of aromatic nitrogens is 8. The van der Waals surface area contributed by atoms with Crippen LogP contribution in [0.5, 0.6) is 0 Å². The van der Waals surface area contributed by atoms with Crippen molar-refractivity contribution in [2.75, 3.05) is 10.6 Å². The van der Waals surface area contributed by atoms with Crippen molar-refractivity contribution in [3.8, 4) is 22.8 Å². The van der Waals surface area contributed by atoms with Gasteiger partial charge in [0.1, 0.15) is 11.6 Å². The maximum Gasteiger partial charge on any atom is 0.416 e. The molecule has 0 bridgehead atoms. The van der Waals surface area contributed by atoms with Crippen molar-refractivity contribution in [2.45, 2.75) is 54.3 Å². The van der Waals surface area contributed by atoms with Gasteiger partial charge in [0.25, 0.3) is 0 Å².